The second-order valence-electron chi connectivity index (χ2n) is 17.8. The Morgan fingerprint density at radius 1 is 0.661 bits per heavy atom. The highest BCUT2D eigenvalue weighted by Gasteiger charge is 2.41. The quantitative estimate of drug-likeness (QED) is 0.0846. The maximum absolute atomic E-state index is 12.1. The molecular weight excluding hydrogens is 794 g/mol. The van der Waals surface area contributed by atoms with Gasteiger partial charge in [-0.05, 0) is 102 Å². The zero-order chi connectivity index (χ0) is 44.0. The number of aliphatic hydroxyl groups excluding tert-OH is 1. The minimum absolute atomic E-state index is 0.128. The minimum atomic E-state index is -0.968. The molecule has 0 amide bonds. The summed E-state index contributed by atoms with van der Waals surface area (Å²) in [5, 5.41) is 32.1. The predicted molar refractivity (Wildman–Crippen MR) is 251 cm³/mol. The van der Waals surface area contributed by atoms with Crippen LogP contribution in [0.15, 0.2) is 140 Å². The number of piperazine rings is 1. The van der Waals surface area contributed by atoms with Crippen LogP contribution >= 0.6 is 11.6 Å². The lowest BCUT2D eigenvalue weighted by Crippen LogP contribution is -2.48. The van der Waals surface area contributed by atoms with E-state index in [9.17, 15) is 15.0 Å². The first kappa shape index (κ1) is 47.1. The van der Waals surface area contributed by atoms with Crippen LogP contribution in [0.1, 0.15) is 92.0 Å². The van der Waals surface area contributed by atoms with Gasteiger partial charge in [0.05, 0.1) is 18.8 Å². The second-order valence-corrected chi connectivity index (χ2v) is 18.3. The number of halogens is 1. The van der Waals surface area contributed by atoms with Crippen molar-refractivity contribution in [1.29, 1.82) is 0 Å². The van der Waals surface area contributed by atoms with Crippen LogP contribution < -0.4 is 0 Å². The van der Waals surface area contributed by atoms with E-state index >= 15 is 0 Å². The average molecular weight is 861 g/mol. The number of hydrogen-bond acceptors (Lipinski definition) is 7. The SMILES string of the molecule is CC(C)(C)c1ccc(C(O)CCCN2CCC(C(O)(c3ccccc3)c3ccccc3)CC2)cc1.O=C(O)COCCN1CCN(C(c2ccccc2)c2ccc(Cl)cc2)CC1. The molecule has 0 bridgehead atoms. The van der Waals surface area contributed by atoms with E-state index in [2.05, 4.69) is 120 Å². The third-order valence-electron chi connectivity index (χ3n) is 12.6. The van der Waals surface area contributed by atoms with Gasteiger partial charge in [0.25, 0.3) is 0 Å². The van der Waals surface area contributed by atoms with Gasteiger partial charge in [0.15, 0.2) is 0 Å². The Morgan fingerprint density at radius 3 is 1.69 bits per heavy atom. The molecule has 2 heterocycles. The molecule has 0 aromatic heterocycles. The van der Waals surface area contributed by atoms with Gasteiger partial charge in [-0.2, -0.15) is 0 Å². The van der Waals surface area contributed by atoms with Gasteiger partial charge in [-0.1, -0.05) is 160 Å². The van der Waals surface area contributed by atoms with Gasteiger partial charge in [-0.25, -0.2) is 4.79 Å². The lowest BCUT2D eigenvalue weighted by atomic mass is 9.72. The molecule has 0 aliphatic carbocycles. The van der Waals surface area contributed by atoms with Crippen molar-refractivity contribution in [3.05, 3.63) is 178 Å². The zero-order valence-electron chi connectivity index (χ0n) is 36.8. The third-order valence-corrected chi connectivity index (χ3v) is 12.8. The number of aliphatic hydroxyl groups is 2. The van der Waals surface area contributed by atoms with E-state index in [1.807, 2.05) is 54.6 Å². The van der Waals surface area contributed by atoms with Crippen LogP contribution in [0.4, 0.5) is 0 Å². The van der Waals surface area contributed by atoms with Crippen molar-refractivity contribution < 1.29 is 24.9 Å². The largest absolute Gasteiger partial charge is 0.480 e. The Hall–Kier alpha value is -4.38. The molecule has 2 aliphatic heterocycles. The van der Waals surface area contributed by atoms with Gasteiger partial charge in [0.2, 0.25) is 0 Å². The molecule has 5 aromatic rings. The maximum atomic E-state index is 12.1. The molecule has 62 heavy (non-hydrogen) atoms. The summed E-state index contributed by atoms with van der Waals surface area (Å²) >= 11 is 6.08. The fourth-order valence-corrected chi connectivity index (χ4v) is 9.10. The number of piperidine rings is 1. The standard InChI is InChI=1S/C32H41NO2.C21H25ClN2O3/c1-31(2,3)26-18-16-25(17-19-26)30(34)15-10-22-33-23-20-29(21-24-33)32(35,27-11-6-4-7-12-27)28-13-8-5-9-14-28;22-19-8-6-18(7-9-19)21(17-4-2-1-3-5-17)24-12-10-23(11-13-24)14-15-27-16-20(25)26/h4-9,11-14,16-19,29-30,34-35H,10,15,20-24H2,1-3H3;1-9,21H,10-16H2,(H,25,26). The highest BCUT2D eigenvalue weighted by Crippen LogP contribution is 2.42. The summed E-state index contributed by atoms with van der Waals surface area (Å²) in [5.41, 5.74) is 5.93. The maximum Gasteiger partial charge on any atom is 0.329 e. The van der Waals surface area contributed by atoms with Crippen molar-refractivity contribution >= 4 is 17.6 Å². The molecule has 5 aromatic carbocycles. The molecule has 8 nitrogen and oxygen atoms in total. The van der Waals surface area contributed by atoms with Crippen molar-refractivity contribution in [2.24, 2.45) is 5.92 Å². The van der Waals surface area contributed by atoms with Gasteiger partial charge < -0.3 is 25.0 Å². The van der Waals surface area contributed by atoms with Crippen LogP contribution in [-0.2, 0) is 20.5 Å². The summed E-state index contributed by atoms with van der Waals surface area (Å²) in [5.74, 6) is -0.746. The molecule has 330 valence electrons. The van der Waals surface area contributed by atoms with Gasteiger partial charge in [0, 0.05) is 37.7 Å². The Morgan fingerprint density at radius 2 is 1.16 bits per heavy atom. The molecule has 3 N–H and O–H groups in total. The number of aliphatic carboxylic acids is 1. The molecule has 0 spiro atoms. The Balaban J connectivity index is 0.000000214. The van der Waals surface area contributed by atoms with Crippen LogP contribution in [0.25, 0.3) is 0 Å². The summed E-state index contributed by atoms with van der Waals surface area (Å²) in [7, 11) is 0. The van der Waals surface area contributed by atoms with E-state index in [0.717, 1.165) is 99.8 Å². The summed E-state index contributed by atoms with van der Waals surface area (Å²) in [6, 6.07) is 47.5. The first-order valence-corrected chi connectivity index (χ1v) is 22.7. The highest BCUT2D eigenvalue weighted by molar-refractivity contribution is 6.30. The van der Waals surface area contributed by atoms with E-state index in [-0.39, 0.29) is 24.0 Å². The lowest BCUT2D eigenvalue weighted by Gasteiger charge is -2.42. The fourth-order valence-electron chi connectivity index (χ4n) is 8.97. The zero-order valence-corrected chi connectivity index (χ0v) is 37.5. The van der Waals surface area contributed by atoms with Crippen LogP contribution in [-0.4, -0.2) is 102 Å². The van der Waals surface area contributed by atoms with Crippen molar-refractivity contribution in [3.8, 4) is 0 Å². The molecular formula is C53H66ClN3O5. The molecule has 9 heteroatoms. The summed E-state index contributed by atoms with van der Waals surface area (Å²) in [6.07, 6.45) is 3.23. The van der Waals surface area contributed by atoms with Crippen molar-refractivity contribution in [1.82, 2.24) is 14.7 Å². The first-order valence-electron chi connectivity index (χ1n) is 22.3. The van der Waals surface area contributed by atoms with Crippen molar-refractivity contribution in [3.63, 3.8) is 0 Å². The molecule has 2 unspecified atom stereocenters. The van der Waals surface area contributed by atoms with Crippen LogP contribution in [0, 0.1) is 5.92 Å². The predicted octanol–water partition coefficient (Wildman–Crippen LogP) is 9.59. The molecule has 7 rings (SSSR count). The molecule has 0 radical (unpaired) electrons. The minimum Gasteiger partial charge on any atom is -0.480 e. The van der Waals surface area contributed by atoms with Crippen LogP contribution in [0.3, 0.4) is 0 Å². The average Bonchev–Trinajstić information content (AvgIpc) is 3.30. The number of nitrogens with zero attached hydrogens (tertiary/aromatic N) is 3. The molecule has 2 fully saturated rings. The number of carboxylic acid groups (broad SMARTS) is 1. The van der Waals surface area contributed by atoms with E-state index in [0.29, 0.717) is 6.61 Å². The van der Waals surface area contributed by atoms with Gasteiger partial charge >= 0.3 is 5.97 Å². The summed E-state index contributed by atoms with van der Waals surface area (Å²) in [4.78, 5) is 17.8. The van der Waals surface area contributed by atoms with Crippen molar-refractivity contribution in [2.75, 3.05) is 65.6 Å². The van der Waals surface area contributed by atoms with Gasteiger partial charge in [-0.3, -0.25) is 9.80 Å². The molecule has 2 saturated heterocycles. The number of ether oxygens (including phenoxy) is 1. The number of carbonyl (C=O) groups is 1. The molecule has 0 saturated carbocycles. The number of hydrogen-bond donors (Lipinski definition) is 3. The highest BCUT2D eigenvalue weighted by atomic mass is 35.5. The van der Waals surface area contributed by atoms with Gasteiger partial charge in [-0.15, -0.1) is 0 Å². The first-order chi connectivity index (χ1) is 29.9. The van der Waals surface area contributed by atoms with Gasteiger partial charge in [0.1, 0.15) is 12.2 Å². The normalized spacial score (nSPS) is 16.9. The smallest absolute Gasteiger partial charge is 0.329 e. The molecule has 2 aliphatic rings. The Labute approximate surface area is 374 Å². The number of carboxylic acids is 1. The number of benzene rings is 5. The third kappa shape index (κ3) is 13.1. The van der Waals surface area contributed by atoms with Crippen LogP contribution in [0.2, 0.25) is 5.02 Å². The number of likely N-dealkylation sites (tertiary alicyclic amines) is 1. The summed E-state index contributed by atoms with van der Waals surface area (Å²) < 4.78 is 5.15. The Bertz CT molecular complexity index is 2010. The van der Waals surface area contributed by atoms with Crippen molar-refractivity contribution in [2.45, 2.75) is 69.6 Å². The van der Waals surface area contributed by atoms with E-state index in [1.54, 1.807) is 0 Å². The monoisotopic (exact) mass is 859 g/mol. The number of rotatable bonds is 16. The van der Waals surface area contributed by atoms with E-state index in [1.165, 1.54) is 16.7 Å². The Kier molecular flexibility index (Phi) is 17.3. The van der Waals surface area contributed by atoms with E-state index < -0.39 is 17.7 Å². The lowest BCUT2D eigenvalue weighted by molar-refractivity contribution is -0.142. The topological polar surface area (TPSA) is 96.7 Å². The second kappa shape index (κ2) is 22.8. The van der Waals surface area contributed by atoms with E-state index in [4.69, 9.17) is 21.4 Å². The summed E-state index contributed by atoms with van der Waals surface area (Å²) in [6.45, 7) is 14.3. The van der Waals surface area contributed by atoms with Crippen LogP contribution in [0.5, 0.6) is 0 Å². The molecule has 2 atom stereocenters. The fraction of sp³-hybridized carbons (Fsp3) is 0.415.